The first-order valence-electron chi connectivity index (χ1n) is 7.46. The molecule has 0 N–H and O–H groups in total. The number of nitrogens with zero attached hydrogens (tertiary/aromatic N) is 4. The van der Waals surface area contributed by atoms with Crippen molar-refractivity contribution in [2.75, 3.05) is 26.2 Å². The van der Waals surface area contributed by atoms with Gasteiger partial charge in [0.05, 0.1) is 5.25 Å². The van der Waals surface area contributed by atoms with E-state index in [0.29, 0.717) is 26.2 Å². The van der Waals surface area contributed by atoms with Crippen molar-refractivity contribution in [2.24, 2.45) is 0 Å². The number of hydrogen-bond acceptors (Lipinski definition) is 7. The Hall–Kier alpha value is -1.35. The quantitative estimate of drug-likeness (QED) is 0.770. The number of carbonyl (C=O) groups excluding carboxylic acids is 2. The maximum Gasteiger partial charge on any atom is 0.410 e. The molecule has 2 amide bonds. The van der Waals surface area contributed by atoms with Gasteiger partial charge in [0.25, 0.3) is 0 Å². The van der Waals surface area contributed by atoms with Gasteiger partial charge in [0.15, 0.2) is 4.34 Å². The number of amides is 2. The Balaban J connectivity index is 1.81. The lowest BCUT2D eigenvalue weighted by molar-refractivity contribution is -0.132. The number of thioether (sulfide) groups is 1. The van der Waals surface area contributed by atoms with Crippen LogP contribution in [0.5, 0.6) is 0 Å². The first-order chi connectivity index (χ1) is 10.8. The van der Waals surface area contributed by atoms with Gasteiger partial charge in [0.2, 0.25) is 5.91 Å². The van der Waals surface area contributed by atoms with E-state index >= 15 is 0 Å². The monoisotopic (exact) mass is 358 g/mol. The van der Waals surface area contributed by atoms with Crippen molar-refractivity contribution in [1.82, 2.24) is 20.0 Å². The maximum absolute atomic E-state index is 12.5. The predicted molar refractivity (Wildman–Crippen MR) is 89.6 cm³/mol. The van der Waals surface area contributed by atoms with Gasteiger partial charge in [-0.3, -0.25) is 4.79 Å². The van der Waals surface area contributed by atoms with Gasteiger partial charge in [-0.1, -0.05) is 23.1 Å². The van der Waals surface area contributed by atoms with Crippen LogP contribution in [-0.2, 0) is 9.53 Å². The fourth-order valence-corrected chi connectivity index (χ4v) is 3.82. The standard InChI is InChI=1S/C14H22N4O3S2/c1-10(23-12-16-15-9-22-12)11(19)17-5-7-18(8-6-17)13(20)21-14(2,3)4/h9-10H,5-8H2,1-4H3/t10-/m1/s1. The Bertz CT molecular complexity index is 537. The highest BCUT2D eigenvalue weighted by Gasteiger charge is 2.29. The highest BCUT2D eigenvalue weighted by molar-refractivity contribution is 8.02. The molecule has 0 spiro atoms. The Labute approximate surface area is 144 Å². The third kappa shape index (κ3) is 5.35. The molecule has 0 aliphatic carbocycles. The second-order valence-electron chi connectivity index (χ2n) is 6.26. The van der Waals surface area contributed by atoms with Crippen molar-refractivity contribution in [1.29, 1.82) is 0 Å². The second-order valence-corrected chi connectivity index (χ2v) is 8.68. The average Bonchev–Trinajstić information content (AvgIpc) is 2.97. The first kappa shape index (κ1) is 18.0. The molecule has 9 heteroatoms. The normalized spacial score (nSPS) is 17.0. The summed E-state index contributed by atoms with van der Waals surface area (Å²) in [5.74, 6) is 0.0639. The summed E-state index contributed by atoms with van der Waals surface area (Å²) >= 11 is 2.84. The van der Waals surface area contributed by atoms with Crippen LogP contribution in [0.2, 0.25) is 0 Å². The van der Waals surface area contributed by atoms with Crippen LogP contribution in [0.15, 0.2) is 9.85 Å². The number of ether oxygens (including phenoxy) is 1. The number of carbonyl (C=O) groups is 2. The molecule has 1 fully saturated rings. The third-order valence-electron chi connectivity index (χ3n) is 3.21. The molecule has 1 aromatic heterocycles. The van der Waals surface area contributed by atoms with Gasteiger partial charge >= 0.3 is 6.09 Å². The number of piperazine rings is 1. The van der Waals surface area contributed by atoms with E-state index in [1.165, 1.54) is 23.1 Å². The second kappa shape index (κ2) is 7.48. The van der Waals surface area contributed by atoms with Crippen LogP contribution in [0.3, 0.4) is 0 Å². The first-order valence-corrected chi connectivity index (χ1v) is 9.22. The predicted octanol–water partition coefficient (Wildman–Crippen LogP) is 2.10. The largest absolute Gasteiger partial charge is 0.444 e. The molecule has 1 atom stereocenters. The van der Waals surface area contributed by atoms with Crippen molar-refractivity contribution in [3.8, 4) is 0 Å². The third-order valence-corrected chi connectivity index (χ3v) is 5.11. The molecular formula is C14H22N4O3S2. The van der Waals surface area contributed by atoms with Crippen LogP contribution in [0.25, 0.3) is 0 Å². The molecule has 0 saturated carbocycles. The molecule has 128 valence electrons. The molecule has 1 aliphatic rings. The minimum absolute atomic E-state index is 0.0639. The zero-order valence-electron chi connectivity index (χ0n) is 13.8. The van der Waals surface area contributed by atoms with E-state index in [-0.39, 0.29) is 17.3 Å². The van der Waals surface area contributed by atoms with Crippen LogP contribution >= 0.6 is 23.1 Å². The summed E-state index contributed by atoms with van der Waals surface area (Å²) in [6.07, 6.45) is -0.319. The Morgan fingerprint density at radius 1 is 1.26 bits per heavy atom. The Morgan fingerprint density at radius 2 is 1.87 bits per heavy atom. The van der Waals surface area contributed by atoms with Crippen LogP contribution in [0.4, 0.5) is 4.79 Å². The van der Waals surface area contributed by atoms with Crippen LogP contribution in [-0.4, -0.2) is 69.0 Å². The molecular weight excluding hydrogens is 336 g/mol. The summed E-state index contributed by atoms with van der Waals surface area (Å²) in [6, 6.07) is 0. The number of rotatable bonds is 3. The lowest BCUT2D eigenvalue weighted by Crippen LogP contribution is -2.53. The Morgan fingerprint density at radius 3 is 2.39 bits per heavy atom. The molecule has 0 unspecified atom stereocenters. The van der Waals surface area contributed by atoms with E-state index in [2.05, 4.69) is 10.2 Å². The minimum Gasteiger partial charge on any atom is -0.444 e. The molecule has 0 radical (unpaired) electrons. The average molecular weight is 358 g/mol. The smallest absolute Gasteiger partial charge is 0.410 e. The summed E-state index contributed by atoms with van der Waals surface area (Å²) in [6.45, 7) is 9.45. The van der Waals surface area contributed by atoms with Crippen molar-refractivity contribution in [3.05, 3.63) is 5.51 Å². The summed E-state index contributed by atoms with van der Waals surface area (Å²) in [5.41, 5.74) is 1.15. The van der Waals surface area contributed by atoms with Gasteiger partial charge in [-0.2, -0.15) is 0 Å². The van der Waals surface area contributed by atoms with Crippen LogP contribution in [0.1, 0.15) is 27.7 Å². The van der Waals surface area contributed by atoms with E-state index < -0.39 is 5.60 Å². The summed E-state index contributed by atoms with van der Waals surface area (Å²) in [4.78, 5) is 27.9. The van der Waals surface area contributed by atoms with E-state index in [0.717, 1.165) is 4.34 Å². The molecule has 0 bridgehead atoms. The van der Waals surface area contributed by atoms with E-state index in [1.54, 1.807) is 15.3 Å². The summed E-state index contributed by atoms with van der Waals surface area (Å²) < 4.78 is 6.15. The fraction of sp³-hybridized carbons (Fsp3) is 0.714. The molecule has 2 rings (SSSR count). The number of aromatic nitrogens is 2. The van der Waals surface area contributed by atoms with Crippen LogP contribution < -0.4 is 0 Å². The van der Waals surface area contributed by atoms with Crippen molar-refractivity contribution >= 4 is 35.1 Å². The van der Waals surface area contributed by atoms with Gasteiger partial charge < -0.3 is 14.5 Å². The van der Waals surface area contributed by atoms with Crippen molar-refractivity contribution < 1.29 is 14.3 Å². The van der Waals surface area contributed by atoms with Gasteiger partial charge in [0.1, 0.15) is 11.1 Å². The molecule has 1 aliphatic heterocycles. The molecule has 1 aromatic rings. The van der Waals surface area contributed by atoms with Gasteiger partial charge in [0, 0.05) is 26.2 Å². The van der Waals surface area contributed by atoms with Gasteiger partial charge in [-0.05, 0) is 27.7 Å². The maximum atomic E-state index is 12.5. The van der Waals surface area contributed by atoms with E-state index in [9.17, 15) is 9.59 Å². The minimum atomic E-state index is -0.503. The van der Waals surface area contributed by atoms with Gasteiger partial charge in [-0.15, -0.1) is 10.2 Å². The van der Waals surface area contributed by atoms with Crippen LogP contribution in [0, 0.1) is 0 Å². The molecule has 7 nitrogen and oxygen atoms in total. The SMILES string of the molecule is C[C@@H](Sc1nncs1)C(=O)N1CCN(C(=O)OC(C)(C)C)CC1. The molecule has 0 aromatic carbocycles. The summed E-state index contributed by atoms with van der Waals surface area (Å²) in [7, 11) is 0. The molecule has 23 heavy (non-hydrogen) atoms. The zero-order chi connectivity index (χ0) is 17.0. The molecule has 1 saturated heterocycles. The highest BCUT2D eigenvalue weighted by atomic mass is 32.2. The van der Waals surface area contributed by atoms with Gasteiger partial charge in [-0.25, -0.2) is 4.79 Å². The lowest BCUT2D eigenvalue weighted by atomic mass is 10.2. The highest BCUT2D eigenvalue weighted by Crippen LogP contribution is 2.25. The van der Waals surface area contributed by atoms with E-state index in [4.69, 9.17) is 4.74 Å². The van der Waals surface area contributed by atoms with Crippen molar-refractivity contribution in [3.63, 3.8) is 0 Å². The van der Waals surface area contributed by atoms with Crippen molar-refractivity contribution in [2.45, 2.75) is 42.9 Å². The topological polar surface area (TPSA) is 75.6 Å². The summed E-state index contributed by atoms with van der Waals surface area (Å²) in [5, 5.41) is 7.50. The Kier molecular flexibility index (Phi) is 5.85. The number of hydrogen-bond donors (Lipinski definition) is 0. The fourth-order valence-electron chi connectivity index (χ4n) is 2.11. The lowest BCUT2D eigenvalue weighted by Gasteiger charge is -2.36. The zero-order valence-corrected chi connectivity index (χ0v) is 15.4. The molecule has 2 heterocycles. The van der Waals surface area contributed by atoms with E-state index in [1.807, 2.05) is 27.7 Å².